The summed E-state index contributed by atoms with van der Waals surface area (Å²) in [6.45, 7) is 7.94. The Bertz CT molecular complexity index is 1100. The normalized spacial score (nSPS) is 13.5. The minimum absolute atomic E-state index is 0.0264. The molecular formula is C26H30Cl2N2O2. The first-order valence-corrected chi connectivity index (χ1v) is 11.7. The highest BCUT2D eigenvalue weighted by Gasteiger charge is 2.24. The van der Waals surface area contributed by atoms with Gasteiger partial charge in [-0.3, -0.25) is 14.9 Å². The first-order chi connectivity index (χ1) is 15.1. The second-order valence-electron chi connectivity index (χ2n) is 8.90. The van der Waals surface area contributed by atoms with E-state index in [2.05, 4.69) is 42.1 Å². The van der Waals surface area contributed by atoms with Crippen molar-refractivity contribution in [2.45, 2.75) is 59.2 Å². The van der Waals surface area contributed by atoms with Gasteiger partial charge in [0.05, 0.1) is 12.1 Å². The first-order valence-electron chi connectivity index (χ1n) is 10.9. The third-order valence-corrected chi connectivity index (χ3v) is 6.10. The Morgan fingerprint density at radius 3 is 2.19 bits per heavy atom. The van der Waals surface area contributed by atoms with Crippen molar-refractivity contribution >= 4 is 45.7 Å². The van der Waals surface area contributed by atoms with Crippen LogP contribution in [0.15, 0.2) is 48.7 Å². The molecule has 0 aliphatic rings. The summed E-state index contributed by atoms with van der Waals surface area (Å²) in [6, 6.07) is 12.9. The molecule has 0 spiro atoms. The van der Waals surface area contributed by atoms with E-state index in [4.69, 9.17) is 23.2 Å². The highest BCUT2D eigenvalue weighted by Crippen LogP contribution is 2.26. The zero-order chi connectivity index (χ0) is 23.4. The van der Waals surface area contributed by atoms with Crippen LogP contribution in [0.5, 0.6) is 0 Å². The fourth-order valence-electron chi connectivity index (χ4n) is 4.12. The van der Waals surface area contributed by atoms with Crippen molar-refractivity contribution in [2.24, 2.45) is 5.92 Å². The number of nitrogens with zero attached hydrogens (tertiary/aromatic N) is 1. The molecule has 0 saturated carbocycles. The number of fused-ring (bicyclic) bond motifs is 1. The molecule has 170 valence electrons. The summed E-state index contributed by atoms with van der Waals surface area (Å²) in [7, 11) is 0. The van der Waals surface area contributed by atoms with E-state index in [-0.39, 0.29) is 17.6 Å². The molecule has 2 aromatic carbocycles. The van der Waals surface area contributed by atoms with E-state index in [0.717, 1.165) is 22.0 Å². The van der Waals surface area contributed by atoms with E-state index in [0.29, 0.717) is 35.3 Å². The maximum atomic E-state index is 12.5. The van der Waals surface area contributed by atoms with Crippen molar-refractivity contribution in [3.63, 3.8) is 0 Å². The van der Waals surface area contributed by atoms with Gasteiger partial charge in [-0.05, 0) is 68.0 Å². The van der Waals surface area contributed by atoms with Crippen LogP contribution in [0, 0.1) is 5.92 Å². The van der Waals surface area contributed by atoms with Crippen LogP contribution in [0.4, 0.5) is 0 Å². The largest absolute Gasteiger partial charge is 0.343 e. The molecule has 0 saturated heterocycles. The molecule has 1 N–H and O–H groups in total. The number of halogens is 2. The molecule has 6 heteroatoms. The van der Waals surface area contributed by atoms with Crippen molar-refractivity contribution in [2.75, 3.05) is 0 Å². The number of ketones is 2. The maximum Gasteiger partial charge on any atom is 0.147 e. The van der Waals surface area contributed by atoms with Crippen LogP contribution in [0.25, 0.3) is 10.9 Å². The summed E-state index contributed by atoms with van der Waals surface area (Å²) in [5, 5.41) is 5.63. The number of hydrogen-bond acceptors (Lipinski definition) is 3. The van der Waals surface area contributed by atoms with Crippen LogP contribution >= 0.6 is 23.2 Å². The molecular weight excluding hydrogens is 443 g/mol. The monoisotopic (exact) mass is 472 g/mol. The number of aromatic nitrogens is 1. The van der Waals surface area contributed by atoms with Gasteiger partial charge in [-0.15, -0.1) is 0 Å². The predicted octanol–water partition coefficient (Wildman–Crippen LogP) is 6.09. The second kappa shape index (κ2) is 10.7. The van der Waals surface area contributed by atoms with E-state index in [1.807, 2.05) is 24.3 Å². The quantitative estimate of drug-likeness (QED) is 0.388. The molecule has 0 unspecified atom stereocenters. The van der Waals surface area contributed by atoms with Gasteiger partial charge >= 0.3 is 0 Å². The van der Waals surface area contributed by atoms with Gasteiger partial charge < -0.3 is 4.57 Å². The number of Topliss-reactive ketones (excluding diaryl/α,β-unsaturated/α-hetero) is 2. The SMILES string of the molecule is CC(=O)[C@H](Cc1cn(Cc2cc(Cl)cc(Cl)c2)c2ccccc12)N[C@@H](CC(C)C)C(C)=O. The number of para-hydroxylation sites is 1. The summed E-state index contributed by atoms with van der Waals surface area (Å²) >= 11 is 12.4. The van der Waals surface area contributed by atoms with E-state index in [1.54, 1.807) is 19.9 Å². The highest BCUT2D eigenvalue weighted by atomic mass is 35.5. The maximum absolute atomic E-state index is 12.5. The lowest BCUT2D eigenvalue weighted by atomic mass is 9.97. The Hall–Kier alpha value is -2.14. The van der Waals surface area contributed by atoms with Gasteiger partial charge in [0.15, 0.2) is 0 Å². The molecule has 3 aromatic rings. The number of rotatable bonds is 10. The Balaban J connectivity index is 1.92. The molecule has 0 fully saturated rings. The van der Waals surface area contributed by atoms with Crippen molar-refractivity contribution in [3.05, 3.63) is 69.8 Å². The third kappa shape index (κ3) is 6.22. The van der Waals surface area contributed by atoms with Crippen molar-refractivity contribution in [3.8, 4) is 0 Å². The van der Waals surface area contributed by atoms with E-state index in [9.17, 15) is 9.59 Å². The third-order valence-electron chi connectivity index (χ3n) is 5.66. The fraction of sp³-hybridized carbons (Fsp3) is 0.385. The average molecular weight is 473 g/mol. The number of carbonyl (C=O) groups is 2. The van der Waals surface area contributed by atoms with Gasteiger partial charge in [0.25, 0.3) is 0 Å². The lowest BCUT2D eigenvalue weighted by Crippen LogP contribution is -2.47. The fourth-order valence-corrected chi connectivity index (χ4v) is 4.69. The summed E-state index contributed by atoms with van der Waals surface area (Å²) < 4.78 is 2.15. The summed E-state index contributed by atoms with van der Waals surface area (Å²) in [5.41, 5.74) is 3.14. The molecule has 1 aromatic heterocycles. The number of nitrogens with one attached hydrogen (secondary N) is 1. The van der Waals surface area contributed by atoms with E-state index < -0.39 is 6.04 Å². The zero-order valence-corrected chi connectivity index (χ0v) is 20.5. The topological polar surface area (TPSA) is 51.1 Å². The molecule has 0 aliphatic heterocycles. The lowest BCUT2D eigenvalue weighted by molar-refractivity contribution is -0.121. The molecule has 0 amide bonds. The number of carbonyl (C=O) groups excluding carboxylic acids is 2. The number of hydrogen-bond donors (Lipinski definition) is 1. The zero-order valence-electron chi connectivity index (χ0n) is 19.0. The minimum atomic E-state index is -0.428. The van der Waals surface area contributed by atoms with Gasteiger partial charge in [0, 0.05) is 33.7 Å². The minimum Gasteiger partial charge on any atom is -0.343 e. The lowest BCUT2D eigenvalue weighted by Gasteiger charge is -2.23. The van der Waals surface area contributed by atoms with Crippen molar-refractivity contribution in [1.82, 2.24) is 9.88 Å². The number of benzene rings is 2. The summed E-state index contributed by atoms with van der Waals surface area (Å²) in [4.78, 5) is 24.7. The highest BCUT2D eigenvalue weighted by molar-refractivity contribution is 6.34. The Morgan fingerprint density at radius 1 is 0.969 bits per heavy atom. The van der Waals surface area contributed by atoms with Gasteiger partial charge in [0.1, 0.15) is 11.6 Å². The van der Waals surface area contributed by atoms with Gasteiger partial charge in [-0.25, -0.2) is 0 Å². The van der Waals surface area contributed by atoms with E-state index in [1.165, 1.54) is 0 Å². The first kappa shape index (κ1) is 24.5. The van der Waals surface area contributed by atoms with Crippen LogP contribution in [0.1, 0.15) is 45.2 Å². The van der Waals surface area contributed by atoms with Crippen LogP contribution in [0.2, 0.25) is 10.0 Å². The standard InChI is InChI=1S/C26H30Cl2N2O2/c1-16(2)9-24(17(3)31)29-25(18(4)32)12-20-15-30(26-8-6-5-7-23(20)26)14-19-10-21(27)13-22(28)11-19/h5-8,10-11,13,15-16,24-25,29H,9,12,14H2,1-4H3/t24-,25-/m0/s1. The van der Waals surface area contributed by atoms with Crippen LogP contribution in [-0.4, -0.2) is 28.2 Å². The summed E-state index contributed by atoms with van der Waals surface area (Å²) in [5.74, 6) is 0.444. The Kier molecular flexibility index (Phi) is 8.16. The van der Waals surface area contributed by atoms with E-state index >= 15 is 0 Å². The molecule has 1 heterocycles. The van der Waals surface area contributed by atoms with Crippen LogP contribution in [-0.2, 0) is 22.6 Å². The average Bonchev–Trinajstić information content (AvgIpc) is 3.03. The molecule has 3 rings (SSSR count). The van der Waals surface area contributed by atoms with Crippen molar-refractivity contribution < 1.29 is 9.59 Å². The smallest absolute Gasteiger partial charge is 0.147 e. The molecule has 2 atom stereocenters. The molecule has 32 heavy (non-hydrogen) atoms. The molecule has 0 radical (unpaired) electrons. The van der Waals surface area contributed by atoms with Gasteiger partial charge in [-0.2, -0.15) is 0 Å². The predicted molar refractivity (Wildman–Crippen MR) is 133 cm³/mol. The Labute approximate surface area is 199 Å². The molecule has 0 aliphatic carbocycles. The van der Waals surface area contributed by atoms with Crippen LogP contribution in [0.3, 0.4) is 0 Å². The van der Waals surface area contributed by atoms with Crippen molar-refractivity contribution in [1.29, 1.82) is 0 Å². The second-order valence-corrected chi connectivity index (χ2v) is 9.78. The molecule has 0 bridgehead atoms. The summed E-state index contributed by atoms with van der Waals surface area (Å²) in [6.07, 6.45) is 3.31. The molecule has 4 nitrogen and oxygen atoms in total. The van der Waals surface area contributed by atoms with Crippen LogP contribution < -0.4 is 5.32 Å². The Morgan fingerprint density at radius 2 is 1.59 bits per heavy atom. The van der Waals surface area contributed by atoms with Gasteiger partial charge in [0.2, 0.25) is 0 Å². The van der Waals surface area contributed by atoms with Gasteiger partial charge in [-0.1, -0.05) is 55.2 Å².